The van der Waals surface area contributed by atoms with E-state index in [1.807, 2.05) is 0 Å². The van der Waals surface area contributed by atoms with Gasteiger partial charge in [-0.1, -0.05) is 12.1 Å². The van der Waals surface area contributed by atoms with Crippen LogP contribution in [0.25, 0.3) is 0 Å². The summed E-state index contributed by atoms with van der Waals surface area (Å²) in [7, 11) is 1.39. The number of primary amides is 1. The van der Waals surface area contributed by atoms with E-state index in [0.29, 0.717) is 18.4 Å². The molecule has 1 unspecified atom stereocenters. The zero-order valence-corrected chi connectivity index (χ0v) is 20.2. The van der Waals surface area contributed by atoms with Crippen LogP contribution >= 0.6 is 0 Å². The summed E-state index contributed by atoms with van der Waals surface area (Å²) in [5.74, 6) is -2.83. The van der Waals surface area contributed by atoms with Gasteiger partial charge in [0, 0.05) is 11.3 Å². The van der Waals surface area contributed by atoms with E-state index in [-0.39, 0.29) is 34.2 Å². The normalized spacial score (nSPS) is 14.2. The van der Waals surface area contributed by atoms with Crippen LogP contribution in [0.2, 0.25) is 0 Å². The molecule has 3 aromatic carbocycles. The summed E-state index contributed by atoms with van der Waals surface area (Å²) in [6.45, 7) is -0.705. The number of nitrogens with two attached hydrogens (primary N) is 1. The van der Waals surface area contributed by atoms with Crippen LogP contribution in [0.1, 0.15) is 57.4 Å². The molecule has 0 saturated heterocycles. The first-order valence-corrected chi connectivity index (χ1v) is 11.7. The predicted octanol–water partition coefficient (Wildman–Crippen LogP) is 5.98. The van der Waals surface area contributed by atoms with Crippen molar-refractivity contribution in [1.29, 1.82) is 0 Å². The van der Waals surface area contributed by atoms with Crippen molar-refractivity contribution in [3.8, 4) is 11.5 Å². The first-order chi connectivity index (χ1) is 18.0. The van der Waals surface area contributed by atoms with Gasteiger partial charge in [-0.05, 0) is 79.4 Å². The van der Waals surface area contributed by atoms with Crippen molar-refractivity contribution in [2.45, 2.75) is 37.7 Å². The lowest BCUT2D eigenvalue weighted by Crippen LogP contribution is -2.32. The van der Waals surface area contributed by atoms with E-state index in [1.165, 1.54) is 49.5 Å². The highest BCUT2D eigenvalue weighted by atomic mass is 19.4. The van der Waals surface area contributed by atoms with Crippen LogP contribution in [0.3, 0.4) is 0 Å². The summed E-state index contributed by atoms with van der Waals surface area (Å²) in [5.41, 5.74) is 4.21. The monoisotopic (exact) mass is 533 g/mol. The van der Waals surface area contributed by atoms with Gasteiger partial charge in [0.1, 0.15) is 30.0 Å². The molecule has 6 nitrogen and oxygen atoms in total. The topological polar surface area (TPSA) is 93.5 Å². The minimum Gasteiger partial charge on any atom is -0.457 e. The third kappa shape index (κ3) is 5.94. The zero-order chi connectivity index (χ0) is 27.6. The summed E-state index contributed by atoms with van der Waals surface area (Å²) >= 11 is 0. The Morgan fingerprint density at radius 2 is 1.76 bits per heavy atom. The number of carbonyl (C=O) groups is 2. The Morgan fingerprint density at radius 1 is 1.08 bits per heavy atom. The molecular weight excluding hydrogens is 509 g/mol. The number of hydrogen-bond acceptors (Lipinski definition) is 4. The molecule has 0 spiro atoms. The molecule has 1 atom stereocenters. The van der Waals surface area contributed by atoms with Crippen LogP contribution in [-0.4, -0.2) is 18.9 Å². The Balaban J connectivity index is 1.75. The standard InChI is InChI=1S/C27H24F5N3O3/c1-34-24(25(33)36)19-10-16(6-9-22(19)29)35-26(37)20-11-21(27(30,31)32)18(15-4-5-15)12-23(20)38-17-7-2-14(13-28)3-8-17/h2-3,6-12,15,24,34H,4-5,13H2,1H3,(H2,33,36)(H,35,37). The van der Waals surface area contributed by atoms with Gasteiger partial charge in [0.05, 0.1) is 11.1 Å². The number of likely N-dealkylation sites (N-methyl/N-ethyl adjacent to an activating group) is 1. The van der Waals surface area contributed by atoms with Crippen LogP contribution in [0.15, 0.2) is 54.6 Å². The van der Waals surface area contributed by atoms with Crippen molar-refractivity contribution < 1.29 is 36.3 Å². The summed E-state index contributed by atoms with van der Waals surface area (Å²) in [6, 6.07) is 9.90. The molecule has 38 heavy (non-hydrogen) atoms. The van der Waals surface area contributed by atoms with Crippen molar-refractivity contribution >= 4 is 17.5 Å². The zero-order valence-electron chi connectivity index (χ0n) is 20.2. The van der Waals surface area contributed by atoms with Crippen LogP contribution in [0.5, 0.6) is 11.5 Å². The van der Waals surface area contributed by atoms with Crippen molar-refractivity contribution in [2.75, 3.05) is 12.4 Å². The molecule has 0 aromatic heterocycles. The van der Waals surface area contributed by atoms with Gasteiger partial charge in [0.2, 0.25) is 5.91 Å². The predicted molar refractivity (Wildman–Crippen MR) is 130 cm³/mol. The van der Waals surface area contributed by atoms with Gasteiger partial charge < -0.3 is 21.1 Å². The van der Waals surface area contributed by atoms with Gasteiger partial charge in [0.25, 0.3) is 5.91 Å². The fourth-order valence-corrected chi connectivity index (χ4v) is 4.10. The molecule has 3 aromatic rings. The fourth-order valence-electron chi connectivity index (χ4n) is 4.10. The number of ether oxygens (including phenoxy) is 1. The van der Waals surface area contributed by atoms with Crippen LogP contribution < -0.4 is 21.1 Å². The maximum absolute atomic E-state index is 14.4. The lowest BCUT2D eigenvalue weighted by Gasteiger charge is -2.19. The van der Waals surface area contributed by atoms with Gasteiger partial charge >= 0.3 is 6.18 Å². The number of benzene rings is 3. The quantitative estimate of drug-likeness (QED) is 0.295. The third-order valence-corrected chi connectivity index (χ3v) is 6.16. The Bertz CT molecular complexity index is 1360. The molecule has 1 aliphatic carbocycles. The Labute approximate surface area is 215 Å². The Morgan fingerprint density at radius 3 is 2.32 bits per heavy atom. The van der Waals surface area contributed by atoms with Crippen LogP contribution in [0.4, 0.5) is 27.6 Å². The third-order valence-electron chi connectivity index (χ3n) is 6.16. The first kappa shape index (κ1) is 27.1. The van der Waals surface area contributed by atoms with Gasteiger partial charge in [-0.15, -0.1) is 0 Å². The second-order valence-electron chi connectivity index (χ2n) is 8.90. The van der Waals surface area contributed by atoms with Crippen molar-refractivity contribution in [1.82, 2.24) is 5.32 Å². The average Bonchev–Trinajstić information content (AvgIpc) is 3.71. The highest BCUT2D eigenvalue weighted by Crippen LogP contribution is 2.48. The fraction of sp³-hybridized carbons (Fsp3) is 0.259. The summed E-state index contributed by atoms with van der Waals surface area (Å²) in [5, 5.41) is 5.02. The molecule has 200 valence electrons. The van der Waals surface area contributed by atoms with E-state index in [0.717, 1.165) is 12.1 Å². The highest BCUT2D eigenvalue weighted by Gasteiger charge is 2.40. The molecular formula is C27H24F5N3O3. The molecule has 11 heteroatoms. The van der Waals surface area contributed by atoms with Gasteiger partial charge in [-0.2, -0.15) is 13.2 Å². The maximum Gasteiger partial charge on any atom is 0.416 e. The summed E-state index contributed by atoms with van der Waals surface area (Å²) in [4.78, 5) is 24.9. The van der Waals surface area contributed by atoms with Gasteiger partial charge in [0.15, 0.2) is 0 Å². The number of rotatable bonds is 9. The number of nitrogens with one attached hydrogen (secondary N) is 2. The first-order valence-electron chi connectivity index (χ1n) is 11.7. The van der Waals surface area contributed by atoms with E-state index in [2.05, 4.69) is 10.6 Å². The van der Waals surface area contributed by atoms with Gasteiger partial charge in [-0.3, -0.25) is 9.59 Å². The highest BCUT2D eigenvalue weighted by molar-refractivity contribution is 6.06. The van der Waals surface area contributed by atoms with Crippen molar-refractivity contribution in [2.24, 2.45) is 5.73 Å². The SMILES string of the molecule is CNC(C(N)=O)c1cc(NC(=O)c2cc(C(F)(F)F)c(C3CC3)cc2Oc2ccc(CF)cc2)ccc1F. The van der Waals surface area contributed by atoms with E-state index >= 15 is 0 Å². The smallest absolute Gasteiger partial charge is 0.416 e. The average molecular weight is 533 g/mol. The van der Waals surface area contributed by atoms with Crippen LogP contribution in [-0.2, 0) is 17.6 Å². The molecule has 1 fully saturated rings. The molecule has 0 bridgehead atoms. The Kier molecular flexibility index (Phi) is 7.68. The van der Waals surface area contributed by atoms with Crippen LogP contribution in [0, 0.1) is 5.82 Å². The van der Waals surface area contributed by atoms with E-state index < -0.39 is 47.7 Å². The summed E-state index contributed by atoms with van der Waals surface area (Å²) < 4.78 is 74.9. The van der Waals surface area contributed by atoms with Crippen molar-refractivity contribution in [3.63, 3.8) is 0 Å². The second kappa shape index (κ2) is 10.8. The molecule has 0 heterocycles. The number of carbonyl (C=O) groups excluding carboxylic acids is 2. The largest absolute Gasteiger partial charge is 0.457 e. The molecule has 4 N–H and O–H groups in total. The van der Waals surface area contributed by atoms with Gasteiger partial charge in [-0.25, -0.2) is 8.78 Å². The molecule has 0 aliphatic heterocycles. The van der Waals surface area contributed by atoms with E-state index in [9.17, 15) is 31.5 Å². The number of anilines is 1. The molecule has 0 radical (unpaired) electrons. The number of hydrogen-bond donors (Lipinski definition) is 3. The molecule has 1 saturated carbocycles. The number of amides is 2. The molecule has 1 aliphatic rings. The minimum absolute atomic E-state index is 0.0194. The second-order valence-corrected chi connectivity index (χ2v) is 8.90. The molecule has 4 rings (SSSR count). The lowest BCUT2D eigenvalue weighted by atomic mass is 9.98. The summed E-state index contributed by atoms with van der Waals surface area (Å²) in [6.07, 6.45) is -3.58. The van der Waals surface area contributed by atoms with Crippen molar-refractivity contribution in [3.05, 3.63) is 88.2 Å². The number of halogens is 5. The minimum atomic E-state index is -4.72. The van der Waals surface area contributed by atoms with E-state index in [1.54, 1.807) is 0 Å². The lowest BCUT2D eigenvalue weighted by molar-refractivity contribution is -0.138. The number of alkyl halides is 4. The molecule has 2 amide bonds. The Hall–Kier alpha value is -3.99. The van der Waals surface area contributed by atoms with E-state index in [4.69, 9.17) is 10.5 Å². The maximum atomic E-state index is 14.4.